The lowest BCUT2D eigenvalue weighted by Crippen LogP contribution is -2.03. The third-order valence-electron chi connectivity index (χ3n) is 4.46. The molecule has 0 spiro atoms. The Morgan fingerprint density at radius 1 is 0.708 bits per heavy atom. The third kappa shape index (κ3) is 12.0. The van der Waals surface area contributed by atoms with Gasteiger partial charge in [-0.05, 0) is 31.7 Å². The van der Waals surface area contributed by atoms with Gasteiger partial charge >= 0.3 is 0 Å². The van der Waals surface area contributed by atoms with Crippen LogP contribution in [0.15, 0.2) is 30.3 Å². The zero-order valence-corrected chi connectivity index (χ0v) is 15.4. The van der Waals surface area contributed by atoms with E-state index in [1.165, 1.54) is 70.3 Å². The van der Waals surface area contributed by atoms with Gasteiger partial charge in [0.15, 0.2) is 0 Å². The predicted molar refractivity (Wildman–Crippen MR) is 101 cm³/mol. The van der Waals surface area contributed by atoms with Gasteiger partial charge in [-0.1, -0.05) is 81.7 Å². The zero-order chi connectivity index (χ0) is 17.5. The molecule has 134 valence electrons. The average molecular weight is 331 g/mol. The molecule has 0 saturated heterocycles. The normalized spacial score (nSPS) is 10.7. The molecule has 0 heterocycles. The Hall–Kier alpha value is -1.44. The Bertz CT molecular complexity index is 450. The molecule has 1 aromatic carbocycles. The van der Waals surface area contributed by atoms with E-state index < -0.39 is 0 Å². The SMILES string of the molecule is CC(=O)CC(=O)CCCCCCCCCCCCc1ccccc1. The first kappa shape index (κ1) is 20.6. The molecular formula is C22H34O2. The molecule has 0 atom stereocenters. The maximum Gasteiger partial charge on any atom is 0.140 e. The summed E-state index contributed by atoms with van der Waals surface area (Å²) in [4.78, 5) is 22.2. The molecule has 0 aliphatic carbocycles. The highest BCUT2D eigenvalue weighted by Gasteiger charge is 2.04. The van der Waals surface area contributed by atoms with Gasteiger partial charge in [0, 0.05) is 6.42 Å². The number of carbonyl (C=O) groups is 2. The van der Waals surface area contributed by atoms with Crippen LogP contribution in [-0.4, -0.2) is 11.6 Å². The van der Waals surface area contributed by atoms with Crippen LogP contribution in [0.2, 0.25) is 0 Å². The fourth-order valence-corrected chi connectivity index (χ4v) is 3.08. The topological polar surface area (TPSA) is 34.1 Å². The van der Waals surface area contributed by atoms with E-state index in [1.54, 1.807) is 0 Å². The van der Waals surface area contributed by atoms with Gasteiger partial charge in [0.2, 0.25) is 0 Å². The molecule has 0 saturated carbocycles. The molecular weight excluding hydrogens is 296 g/mol. The van der Waals surface area contributed by atoms with E-state index in [2.05, 4.69) is 30.3 Å². The van der Waals surface area contributed by atoms with Crippen LogP contribution in [-0.2, 0) is 16.0 Å². The smallest absolute Gasteiger partial charge is 0.140 e. The van der Waals surface area contributed by atoms with Gasteiger partial charge in [0.1, 0.15) is 11.6 Å². The Morgan fingerprint density at radius 3 is 1.75 bits per heavy atom. The van der Waals surface area contributed by atoms with Gasteiger partial charge in [-0.3, -0.25) is 9.59 Å². The van der Waals surface area contributed by atoms with E-state index in [0.29, 0.717) is 6.42 Å². The van der Waals surface area contributed by atoms with Crippen molar-refractivity contribution in [2.45, 2.75) is 90.4 Å². The van der Waals surface area contributed by atoms with E-state index in [9.17, 15) is 9.59 Å². The lowest BCUT2D eigenvalue weighted by Gasteiger charge is -2.03. The van der Waals surface area contributed by atoms with E-state index in [4.69, 9.17) is 0 Å². The van der Waals surface area contributed by atoms with Gasteiger partial charge in [-0.25, -0.2) is 0 Å². The first-order valence-electron chi connectivity index (χ1n) is 9.73. The van der Waals surface area contributed by atoms with Crippen LogP contribution in [0.4, 0.5) is 0 Å². The second-order valence-electron chi connectivity index (χ2n) is 6.94. The van der Waals surface area contributed by atoms with Crippen molar-refractivity contribution in [3.8, 4) is 0 Å². The minimum Gasteiger partial charge on any atom is -0.300 e. The molecule has 1 aromatic rings. The van der Waals surface area contributed by atoms with Crippen LogP contribution in [0.1, 0.15) is 89.5 Å². The number of rotatable bonds is 15. The van der Waals surface area contributed by atoms with Crippen LogP contribution in [0.5, 0.6) is 0 Å². The molecule has 0 N–H and O–H groups in total. The van der Waals surface area contributed by atoms with Crippen molar-refractivity contribution in [1.82, 2.24) is 0 Å². The highest BCUT2D eigenvalue weighted by molar-refractivity contribution is 5.97. The first-order valence-corrected chi connectivity index (χ1v) is 9.73. The van der Waals surface area contributed by atoms with Crippen molar-refractivity contribution < 1.29 is 9.59 Å². The summed E-state index contributed by atoms with van der Waals surface area (Å²) in [7, 11) is 0. The number of carbonyl (C=O) groups excluding carboxylic acids is 2. The van der Waals surface area contributed by atoms with Crippen molar-refractivity contribution in [3.63, 3.8) is 0 Å². The molecule has 0 fully saturated rings. The standard InChI is InChI=1S/C22H34O2/c1-20(23)19-22(24)18-14-9-7-5-3-2-4-6-8-11-15-21-16-12-10-13-17-21/h10,12-13,16-17H,2-9,11,14-15,18-19H2,1H3. The molecule has 0 amide bonds. The van der Waals surface area contributed by atoms with Crippen LogP contribution in [0.25, 0.3) is 0 Å². The first-order chi connectivity index (χ1) is 11.7. The van der Waals surface area contributed by atoms with Gasteiger partial charge in [0.25, 0.3) is 0 Å². The van der Waals surface area contributed by atoms with Gasteiger partial charge in [-0.15, -0.1) is 0 Å². The molecule has 2 heteroatoms. The molecule has 0 bridgehead atoms. The summed E-state index contributed by atoms with van der Waals surface area (Å²) in [6, 6.07) is 10.7. The fraction of sp³-hybridized carbons (Fsp3) is 0.636. The Kier molecular flexibility index (Phi) is 12.0. The minimum absolute atomic E-state index is 0.0104. The number of unbranched alkanes of at least 4 members (excludes halogenated alkanes) is 9. The highest BCUT2D eigenvalue weighted by Crippen LogP contribution is 2.13. The number of ketones is 2. The van der Waals surface area contributed by atoms with Gasteiger partial charge in [0.05, 0.1) is 6.42 Å². The average Bonchev–Trinajstić information content (AvgIpc) is 2.56. The predicted octanol–water partition coefficient (Wildman–Crippen LogP) is 6.07. The molecule has 0 aliphatic heterocycles. The Balaban J connectivity index is 1.79. The second-order valence-corrected chi connectivity index (χ2v) is 6.94. The van der Waals surface area contributed by atoms with Gasteiger partial charge < -0.3 is 0 Å². The fourth-order valence-electron chi connectivity index (χ4n) is 3.08. The molecule has 24 heavy (non-hydrogen) atoms. The number of hydrogen-bond donors (Lipinski definition) is 0. The van der Waals surface area contributed by atoms with Crippen LogP contribution >= 0.6 is 0 Å². The Labute approximate surface area is 148 Å². The van der Waals surface area contributed by atoms with Gasteiger partial charge in [-0.2, -0.15) is 0 Å². The van der Waals surface area contributed by atoms with E-state index in [0.717, 1.165) is 12.8 Å². The minimum atomic E-state index is -0.0104. The molecule has 0 radical (unpaired) electrons. The molecule has 0 unspecified atom stereocenters. The van der Waals surface area contributed by atoms with Crippen molar-refractivity contribution in [2.24, 2.45) is 0 Å². The van der Waals surface area contributed by atoms with Crippen molar-refractivity contribution in [2.75, 3.05) is 0 Å². The summed E-state index contributed by atoms with van der Waals surface area (Å²) in [5, 5.41) is 0. The van der Waals surface area contributed by atoms with Crippen LogP contribution < -0.4 is 0 Å². The number of aryl methyl sites for hydroxylation is 1. The molecule has 2 nitrogen and oxygen atoms in total. The maximum absolute atomic E-state index is 11.4. The molecule has 0 aliphatic rings. The number of Topliss-reactive ketones (excluding diaryl/α,β-unsaturated/α-hetero) is 2. The monoisotopic (exact) mass is 330 g/mol. The second kappa shape index (κ2) is 13.9. The van der Waals surface area contributed by atoms with Crippen molar-refractivity contribution in [3.05, 3.63) is 35.9 Å². The lowest BCUT2D eigenvalue weighted by atomic mass is 10.0. The van der Waals surface area contributed by atoms with E-state index in [-0.39, 0.29) is 18.0 Å². The largest absolute Gasteiger partial charge is 0.300 e. The summed E-state index contributed by atoms with van der Waals surface area (Å²) in [5.74, 6) is 0.0989. The quantitative estimate of drug-likeness (QED) is 0.289. The summed E-state index contributed by atoms with van der Waals surface area (Å²) < 4.78 is 0. The van der Waals surface area contributed by atoms with E-state index in [1.807, 2.05) is 0 Å². The molecule has 1 rings (SSSR count). The highest BCUT2D eigenvalue weighted by atomic mass is 16.1. The third-order valence-corrected chi connectivity index (χ3v) is 4.46. The summed E-state index contributed by atoms with van der Waals surface area (Å²) >= 11 is 0. The van der Waals surface area contributed by atoms with Crippen LogP contribution in [0, 0.1) is 0 Å². The number of hydrogen-bond acceptors (Lipinski definition) is 2. The summed E-state index contributed by atoms with van der Waals surface area (Å²) in [6.07, 6.45) is 14.5. The van der Waals surface area contributed by atoms with Crippen LogP contribution in [0.3, 0.4) is 0 Å². The lowest BCUT2D eigenvalue weighted by molar-refractivity contribution is -0.125. The summed E-state index contributed by atoms with van der Waals surface area (Å²) in [6.45, 7) is 1.49. The summed E-state index contributed by atoms with van der Waals surface area (Å²) in [5.41, 5.74) is 1.46. The van der Waals surface area contributed by atoms with E-state index >= 15 is 0 Å². The zero-order valence-electron chi connectivity index (χ0n) is 15.4. The molecule has 0 aromatic heterocycles. The maximum atomic E-state index is 11.4. The number of benzene rings is 1. The van der Waals surface area contributed by atoms with Crippen molar-refractivity contribution in [1.29, 1.82) is 0 Å². The van der Waals surface area contributed by atoms with Crippen molar-refractivity contribution >= 4 is 11.6 Å². The Morgan fingerprint density at radius 2 is 1.21 bits per heavy atom.